The highest BCUT2D eigenvalue weighted by molar-refractivity contribution is 9.10. The quantitative estimate of drug-likeness (QED) is 0.544. The minimum Gasteiger partial charge on any atom is -0.323 e. The van der Waals surface area contributed by atoms with Gasteiger partial charge in [-0.3, -0.25) is 14.2 Å². The summed E-state index contributed by atoms with van der Waals surface area (Å²) in [6.45, 7) is 5.79. The third-order valence-corrected chi connectivity index (χ3v) is 5.72. The lowest BCUT2D eigenvalue weighted by molar-refractivity contribution is -0.142. The van der Waals surface area contributed by atoms with Crippen molar-refractivity contribution in [3.05, 3.63) is 63.1 Å². The number of carbonyl (C=O) groups excluding carboxylic acids is 1. The van der Waals surface area contributed by atoms with Crippen LogP contribution in [0.5, 0.6) is 0 Å². The summed E-state index contributed by atoms with van der Waals surface area (Å²) in [7, 11) is 0. The second-order valence-electron chi connectivity index (χ2n) is 6.96. The molecule has 30 heavy (non-hydrogen) atoms. The number of rotatable bonds is 6. The smallest absolute Gasteiger partial charge is 0.323 e. The SMILES string of the molecule is Cc1nn(Cc2ccccc2)c(C)c1NC(=O)CCn1nc(C(F)(F)F)c(Br)c1C. The van der Waals surface area contributed by atoms with Crippen molar-refractivity contribution in [2.75, 3.05) is 5.32 Å². The Kier molecular flexibility index (Phi) is 6.35. The van der Waals surface area contributed by atoms with E-state index in [1.807, 2.05) is 41.9 Å². The predicted octanol–water partition coefficient (Wildman–Crippen LogP) is 4.86. The molecular formula is C20H21BrF3N5O. The molecule has 1 aromatic carbocycles. The topological polar surface area (TPSA) is 64.7 Å². The number of anilines is 1. The fraction of sp³-hybridized carbons (Fsp3) is 0.350. The zero-order chi connectivity index (χ0) is 22.1. The summed E-state index contributed by atoms with van der Waals surface area (Å²) in [5.74, 6) is -0.319. The van der Waals surface area contributed by atoms with Crippen molar-refractivity contribution in [2.24, 2.45) is 0 Å². The number of hydrogen-bond donors (Lipinski definition) is 1. The summed E-state index contributed by atoms with van der Waals surface area (Å²) in [6.07, 6.45) is -4.58. The van der Waals surface area contributed by atoms with Gasteiger partial charge in [0.2, 0.25) is 5.91 Å². The van der Waals surface area contributed by atoms with Crippen LogP contribution >= 0.6 is 15.9 Å². The van der Waals surface area contributed by atoms with Crippen LogP contribution in [0.1, 0.15) is 34.8 Å². The van der Waals surface area contributed by atoms with Crippen LogP contribution in [0, 0.1) is 20.8 Å². The zero-order valence-corrected chi connectivity index (χ0v) is 18.3. The van der Waals surface area contributed by atoms with E-state index in [-0.39, 0.29) is 23.3 Å². The Hall–Kier alpha value is -2.62. The molecule has 10 heteroatoms. The van der Waals surface area contributed by atoms with E-state index < -0.39 is 11.9 Å². The third kappa shape index (κ3) is 4.75. The minimum absolute atomic E-state index is 0.0188. The number of nitrogens with zero attached hydrogens (tertiary/aromatic N) is 4. The van der Waals surface area contributed by atoms with Gasteiger partial charge in [0.25, 0.3) is 0 Å². The summed E-state index contributed by atoms with van der Waals surface area (Å²) in [4.78, 5) is 12.4. The van der Waals surface area contributed by atoms with E-state index in [1.165, 1.54) is 11.6 Å². The highest BCUT2D eigenvalue weighted by atomic mass is 79.9. The minimum atomic E-state index is -4.56. The van der Waals surface area contributed by atoms with Crippen molar-refractivity contribution >= 4 is 27.5 Å². The molecule has 2 heterocycles. The lowest BCUT2D eigenvalue weighted by atomic mass is 10.2. The van der Waals surface area contributed by atoms with Crippen LogP contribution < -0.4 is 5.32 Å². The first-order chi connectivity index (χ1) is 14.1. The van der Waals surface area contributed by atoms with Crippen molar-refractivity contribution in [3.63, 3.8) is 0 Å². The molecule has 160 valence electrons. The fourth-order valence-corrected chi connectivity index (χ4v) is 3.63. The standard InChI is InChI=1S/C20H21BrF3N5O/c1-12-18(14(3)29(26-12)11-15-7-5-4-6-8-15)25-16(30)9-10-28-13(2)17(21)19(27-28)20(22,23)24/h4-8H,9-11H2,1-3H3,(H,25,30). The van der Waals surface area contributed by atoms with Crippen LogP contribution in [-0.4, -0.2) is 25.5 Å². The van der Waals surface area contributed by atoms with E-state index >= 15 is 0 Å². The van der Waals surface area contributed by atoms with E-state index in [4.69, 9.17) is 0 Å². The van der Waals surface area contributed by atoms with E-state index in [0.717, 1.165) is 11.3 Å². The number of benzene rings is 1. The third-order valence-electron chi connectivity index (χ3n) is 4.77. The molecule has 6 nitrogen and oxygen atoms in total. The maximum absolute atomic E-state index is 13.0. The Labute approximate surface area is 180 Å². The molecule has 0 unspecified atom stereocenters. The van der Waals surface area contributed by atoms with Gasteiger partial charge in [0.05, 0.1) is 40.3 Å². The average molecular weight is 484 g/mol. The van der Waals surface area contributed by atoms with Crippen LogP contribution in [0.4, 0.5) is 18.9 Å². The van der Waals surface area contributed by atoms with Gasteiger partial charge in [-0.1, -0.05) is 30.3 Å². The highest BCUT2D eigenvalue weighted by Gasteiger charge is 2.37. The Balaban J connectivity index is 1.67. The molecule has 2 aromatic heterocycles. The predicted molar refractivity (Wildman–Crippen MR) is 110 cm³/mol. The lowest BCUT2D eigenvalue weighted by Gasteiger charge is -2.08. The summed E-state index contributed by atoms with van der Waals surface area (Å²) in [5, 5.41) is 10.9. The molecule has 0 aliphatic carbocycles. The average Bonchev–Trinajstić information content (AvgIpc) is 3.12. The maximum Gasteiger partial charge on any atom is 0.436 e. The summed E-state index contributed by atoms with van der Waals surface area (Å²) < 4.78 is 41.8. The molecule has 0 fully saturated rings. The molecule has 0 atom stereocenters. The van der Waals surface area contributed by atoms with Gasteiger partial charge in [0.15, 0.2) is 5.69 Å². The molecule has 0 aliphatic rings. The van der Waals surface area contributed by atoms with Crippen molar-refractivity contribution in [1.29, 1.82) is 0 Å². The number of aryl methyl sites for hydroxylation is 2. The molecule has 0 radical (unpaired) electrons. The summed E-state index contributed by atoms with van der Waals surface area (Å²) in [5.41, 5.74) is 2.51. The van der Waals surface area contributed by atoms with Crippen molar-refractivity contribution in [2.45, 2.75) is 46.5 Å². The van der Waals surface area contributed by atoms with Gasteiger partial charge < -0.3 is 5.32 Å². The first kappa shape index (κ1) is 22.1. The van der Waals surface area contributed by atoms with Gasteiger partial charge >= 0.3 is 6.18 Å². The van der Waals surface area contributed by atoms with Crippen molar-refractivity contribution < 1.29 is 18.0 Å². The number of carbonyl (C=O) groups is 1. The molecular weight excluding hydrogens is 463 g/mol. The summed E-state index contributed by atoms with van der Waals surface area (Å²) >= 11 is 2.93. The highest BCUT2D eigenvalue weighted by Crippen LogP contribution is 2.35. The monoisotopic (exact) mass is 483 g/mol. The van der Waals surface area contributed by atoms with E-state index in [2.05, 4.69) is 31.4 Å². The number of aromatic nitrogens is 4. The van der Waals surface area contributed by atoms with Gasteiger partial charge in [-0.05, 0) is 42.3 Å². The summed E-state index contributed by atoms with van der Waals surface area (Å²) in [6, 6.07) is 9.82. The first-order valence-corrected chi connectivity index (χ1v) is 10.0. The molecule has 0 spiro atoms. The Morgan fingerprint density at radius 1 is 1.07 bits per heavy atom. The van der Waals surface area contributed by atoms with Gasteiger partial charge in [-0.25, -0.2) is 0 Å². The normalized spacial score (nSPS) is 11.7. The van der Waals surface area contributed by atoms with Crippen LogP contribution in [0.2, 0.25) is 0 Å². The molecule has 0 saturated carbocycles. The van der Waals surface area contributed by atoms with Crippen molar-refractivity contribution in [1.82, 2.24) is 19.6 Å². The van der Waals surface area contributed by atoms with Gasteiger partial charge in [-0.15, -0.1) is 0 Å². The number of alkyl halides is 3. The van der Waals surface area contributed by atoms with Crippen LogP contribution in [0.3, 0.4) is 0 Å². The fourth-order valence-electron chi connectivity index (χ4n) is 3.12. The number of nitrogens with one attached hydrogen (secondary N) is 1. The molecule has 1 amide bonds. The molecule has 3 aromatic rings. The number of amides is 1. The van der Waals surface area contributed by atoms with Crippen LogP contribution in [0.15, 0.2) is 34.8 Å². The van der Waals surface area contributed by atoms with E-state index in [0.29, 0.717) is 23.6 Å². The lowest BCUT2D eigenvalue weighted by Crippen LogP contribution is -2.17. The van der Waals surface area contributed by atoms with Crippen molar-refractivity contribution in [3.8, 4) is 0 Å². The number of halogens is 4. The van der Waals surface area contributed by atoms with Crippen LogP contribution in [-0.2, 0) is 24.1 Å². The first-order valence-electron chi connectivity index (χ1n) is 9.25. The Morgan fingerprint density at radius 2 is 1.73 bits per heavy atom. The molecule has 1 N–H and O–H groups in total. The second-order valence-corrected chi connectivity index (χ2v) is 7.75. The van der Waals surface area contributed by atoms with Gasteiger partial charge in [0, 0.05) is 6.42 Å². The van der Waals surface area contributed by atoms with E-state index in [1.54, 1.807) is 6.92 Å². The second kappa shape index (κ2) is 8.63. The maximum atomic E-state index is 13.0. The van der Waals surface area contributed by atoms with E-state index in [9.17, 15) is 18.0 Å². The molecule has 0 aliphatic heterocycles. The molecule has 0 saturated heterocycles. The van der Waals surface area contributed by atoms with Gasteiger partial charge in [0.1, 0.15) is 0 Å². The molecule has 3 rings (SSSR count). The Morgan fingerprint density at radius 3 is 2.33 bits per heavy atom. The Bertz CT molecular complexity index is 1060. The van der Waals surface area contributed by atoms with Gasteiger partial charge in [-0.2, -0.15) is 23.4 Å². The zero-order valence-electron chi connectivity index (χ0n) is 16.7. The largest absolute Gasteiger partial charge is 0.436 e. The molecule has 0 bridgehead atoms. The van der Waals surface area contributed by atoms with Crippen LogP contribution in [0.25, 0.3) is 0 Å². The number of hydrogen-bond acceptors (Lipinski definition) is 3.